The zero-order chi connectivity index (χ0) is 10.9. The lowest BCUT2D eigenvalue weighted by Crippen LogP contribution is -2.48. The van der Waals surface area contributed by atoms with E-state index < -0.39 is 0 Å². The van der Waals surface area contributed by atoms with E-state index in [0.29, 0.717) is 5.91 Å². The first-order chi connectivity index (χ1) is 7.18. The van der Waals surface area contributed by atoms with Crippen molar-refractivity contribution in [2.75, 3.05) is 13.1 Å². The zero-order valence-electron chi connectivity index (χ0n) is 9.67. The lowest BCUT2D eigenvalue weighted by Gasteiger charge is -2.33. The molecule has 1 atom stereocenters. The summed E-state index contributed by atoms with van der Waals surface area (Å²) in [7, 11) is 0. The lowest BCUT2D eigenvalue weighted by atomic mass is 9.96. The van der Waals surface area contributed by atoms with Gasteiger partial charge in [-0.1, -0.05) is 13.3 Å². The van der Waals surface area contributed by atoms with Gasteiger partial charge < -0.3 is 10.6 Å². The third kappa shape index (κ3) is 2.17. The minimum absolute atomic E-state index is 0.0335. The number of carbonyl (C=O) groups excluding carboxylic acids is 1. The van der Waals surface area contributed by atoms with Crippen LogP contribution < -0.4 is 5.73 Å². The Labute approximate surface area is 92.0 Å². The molecule has 0 unspecified atom stereocenters. The number of nitrogens with zero attached hydrogens (tertiary/aromatic N) is 1. The number of hydrogen-bond donors (Lipinski definition) is 1. The average molecular weight is 210 g/mol. The van der Waals surface area contributed by atoms with Crippen molar-refractivity contribution in [2.45, 2.75) is 51.5 Å². The van der Waals surface area contributed by atoms with Crippen molar-refractivity contribution in [3.8, 4) is 0 Å². The van der Waals surface area contributed by atoms with Gasteiger partial charge >= 0.3 is 0 Å². The standard InChI is InChI=1S/C12H22N2O/c1-2-5-12(6-7-12)11(15)14-8-3-4-10(13)9-14/h10H,2-9,13H2,1H3/t10-/m1/s1. The summed E-state index contributed by atoms with van der Waals surface area (Å²) >= 11 is 0. The van der Waals surface area contributed by atoms with Crippen LogP contribution in [0.1, 0.15) is 45.4 Å². The molecule has 0 spiro atoms. The summed E-state index contributed by atoms with van der Waals surface area (Å²) in [6.45, 7) is 3.87. The summed E-state index contributed by atoms with van der Waals surface area (Å²) in [6, 6.07) is 0.208. The molecule has 3 heteroatoms. The fourth-order valence-corrected chi connectivity index (χ4v) is 2.73. The maximum Gasteiger partial charge on any atom is 0.228 e. The first-order valence-corrected chi connectivity index (χ1v) is 6.23. The van der Waals surface area contributed by atoms with E-state index in [2.05, 4.69) is 6.92 Å². The number of rotatable bonds is 3. The van der Waals surface area contributed by atoms with E-state index >= 15 is 0 Å². The third-order valence-electron chi connectivity index (χ3n) is 3.78. The van der Waals surface area contributed by atoms with Crippen molar-refractivity contribution in [1.82, 2.24) is 4.90 Å². The van der Waals surface area contributed by atoms with E-state index in [-0.39, 0.29) is 11.5 Å². The zero-order valence-corrected chi connectivity index (χ0v) is 9.67. The summed E-state index contributed by atoms with van der Waals surface area (Å²) < 4.78 is 0. The first-order valence-electron chi connectivity index (χ1n) is 6.23. The van der Waals surface area contributed by atoms with Gasteiger partial charge in [0.15, 0.2) is 0 Å². The van der Waals surface area contributed by atoms with E-state index in [1.165, 1.54) is 0 Å². The number of nitrogens with two attached hydrogens (primary N) is 1. The number of hydrogen-bond acceptors (Lipinski definition) is 2. The van der Waals surface area contributed by atoms with Gasteiger partial charge in [0.2, 0.25) is 5.91 Å². The van der Waals surface area contributed by atoms with E-state index in [9.17, 15) is 4.79 Å². The van der Waals surface area contributed by atoms with Gasteiger partial charge in [-0.05, 0) is 32.1 Å². The molecule has 1 aliphatic carbocycles. The molecule has 0 aromatic rings. The summed E-state index contributed by atoms with van der Waals surface area (Å²) in [4.78, 5) is 14.3. The third-order valence-corrected chi connectivity index (χ3v) is 3.78. The Morgan fingerprint density at radius 2 is 2.27 bits per heavy atom. The van der Waals surface area contributed by atoms with Crippen LogP contribution in [0.2, 0.25) is 0 Å². The molecule has 3 nitrogen and oxygen atoms in total. The molecule has 86 valence electrons. The van der Waals surface area contributed by atoms with Crippen LogP contribution in [0.3, 0.4) is 0 Å². The molecule has 0 radical (unpaired) electrons. The second-order valence-electron chi connectivity index (χ2n) is 5.18. The van der Waals surface area contributed by atoms with Crippen LogP contribution in [0.4, 0.5) is 0 Å². The summed E-state index contributed by atoms with van der Waals surface area (Å²) in [6.07, 6.45) is 6.54. The molecule has 2 fully saturated rings. The smallest absolute Gasteiger partial charge is 0.228 e. The van der Waals surface area contributed by atoms with Crippen molar-refractivity contribution < 1.29 is 4.79 Å². The van der Waals surface area contributed by atoms with Crippen LogP contribution in [0, 0.1) is 5.41 Å². The molecule has 0 bridgehead atoms. The predicted molar refractivity (Wildman–Crippen MR) is 60.4 cm³/mol. The Hall–Kier alpha value is -0.570. The Bertz CT molecular complexity index is 248. The van der Waals surface area contributed by atoms with Crippen LogP contribution in [0.25, 0.3) is 0 Å². The molecule has 2 N–H and O–H groups in total. The second kappa shape index (κ2) is 4.12. The molecular formula is C12H22N2O. The minimum Gasteiger partial charge on any atom is -0.341 e. The summed E-state index contributed by atoms with van der Waals surface area (Å²) in [5.74, 6) is 0.388. The molecule has 1 saturated carbocycles. The van der Waals surface area contributed by atoms with Crippen molar-refractivity contribution in [2.24, 2.45) is 11.1 Å². The normalized spacial score (nSPS) is 28.9. The van der Waals surface area contributed by atoms with Gasteiger partial charge in [0.1, 0.15) is 0 Å². The molecule has 15 heavy (non-hydrogen) atoms. The number of amides is 1. The van der Waals surface area contributed by atoms with Crippen LogP contribution in [-0.4, -0.2) is 29.9 Å². The number of likely N-dealkylation sites (tertiary alicyclic amines) is 1. The highest BCUT2D eigenvalue weighted by atomic mass is 16.2. The molecule has 0 aromatic carbocycles. The van der Waals surface area contributed by atoms with E-state index in [0.717, 1.165) is 51.6 Å². The van der Waals surface area contributed by atoms with Gasteiger partial charge in [0.05, 0.1) is 0 Å². The lowest BCUT2D eigenvalue weighted by molar-refractivity contribution is -0.138. The minimum atomic E-state index is 0.0335. The van der Waals surface area contributed by atoms with Gasteiger partial charge in [-0.3, -0.25) is 4.79 Å². The monoisotopic (exact) mass is 210 g/mol. The van der Waals surface area contributed by atoms with Gasteiger partial charge in [-0.2, -0.15) is 0 Å². The quantitative estimate of drug-likeness (QED) is 0.767. The van der Waals surface area contributed by atoms with Crippen molar-refractivity contribution in [3.63, 3.8) is 0 Å². The van der Waals surface area contributed by atoms with Crippen LogP contribution in [-0.2, 0) is 4.79 Å². The molecule has 1 aliphatic heterocycles. The highest BCUT2D eigenvalue weighted by Crippen LogP contribution is 2.51. The van der Waals surface area contributed by atoms with Crippen LogP contribution in [0.5, 0.6) is 0 Å². The van der Waals surface area contributed by atoms with Gasteiger partial charge in [0, 0.05) is 24.5 Å². The summed E-state index contributed by atoms with van der Waals surface area (Å²) in [5.41, 5.74) is 5.94. The number of carbonyl (C=O) groups is 1. The molecule has 1 amide bonds. The molecule has 2 rings (SSSR count). The molecule has 2 aliphatic rings. The Morgan fingerprint density at radius 3 is 2.80 bits per heavy atom. The topological polar surface area (TPSA) is 46.3 Å². The highest BCUT2D eigenvalue weighted by Gasteiger charge is 2.50. The Kier molecular flexibility index (Phi) is 3.01. The molecule has 1 saturated heterocycles. The van der Waals surface area contributed by atoms with Gasteiger partial charge in [-0.15, -0.1) is 0 Å². The van der Waals surface area contributed by atoms with E-state index in [4.69, 9.17) is 5.73 Å². The first kappa shape index (κ1) is 10.9. The SMILES string of the molecule is CCCC1(C(=O)N2CCC[C@@H](N)C2)CC1. The molecule has 0 aromatic heterocycles. The molecule has 1 heterocycles. The Balaban J connectivity index is 1.95. The van der Waals surface area contributed by atoms with Crippen LogP contribution in [0.15, 0.2) is 0 Å². The second-order valence-corrected chi connectivity index (χ2v) is 5.18. The summed E-state index contributed by atoms with van der Waals surface area (Å²) in [5, 5.41) is 0. The van der Waals surface area contributed by atoms with Gasteiger partial charge in [0.25, 0.3) is 0 Å². The maximum absolute atomic E-state index is 12.3. The highest BCUT2D eigenvalue weighted by molar-refractivity contribution is 5.85. The predicted octanol–water partition coefficient (Wildman–Crippen LogP) is 1.52. The van der Waals surface area contributed by atoms with E-state index in [1.807, 2.05) is 4.90 Å². The fraction of sp³-hybridized carbons (Fsp3) is 0.917. The van der Waals surface area contributed by atoms with Crippen LogP contribution >= 0.6 is 0 Å². The van der Waals surface area contributed by atoms with Crippen molar-refractivity contribution in [1.29, 1.82) is 0 Å². The fourth-order valence-electron chi connectivity index (χ4n) is 2.73. The van der Waals surface area contributed by atoms with Crippen molar-refractivity contribution in [3.05, 3.63) is 0 Å². The largest absolute Gasteiger partial charge is 0.341 e. The molecular weight excluding hydrogens is 188 g/mol. The van der Waals surface area contributed by atoms with Crippen molar-refractivity contribution >= 4 is 5.91 Å². The maximum atomic E-state index is 12.3. The average Bonchev–Trinajstić information content (AvgIpc) is 2.98. The van der Waals surface area contributed by atoms with E-state index in [1.54, 1.807) is 0 Å². The van der Waals surface area contributed by atoms with Gasteiger partial charge in [-0.25, -0.2) is 0 Å². The number of piperidine rings is 1. The Morgan fingerprint density at radius 1 is 1.53 bits per heavy atom.